The summed E-state index contributed by atoms with van der Waals surface area (Å²) in [6.45, 7) is 1.46. The van der Waals surface area contributed by atoms with E-state index in [-0.39, 0.29) is 16.5 Å². The van der Waals surface area contributed by atoms with E-state index in [0.29, 0.717) is 0 Å². The van der Waals surface area contributed by atoms with Crippen LogP contribution in [-0.4, -0.2) is 26.0 Å². The second kappa shape index (κ2) is 7.47. The first kappa shape index (κ1) is 18.6. The Morgan fingerprint density at radius 3 is 2.72 bits per heavy atom. The number of anilines is 1. The lowest BCUT2D eigenvalue weighted by atomic mass is 10.2. The quantitative estimate of drug-likeness (QED) is 0.373. The van der Waals surface area contributed by atoms with Crippen LogP contribution < -0.4 is 5.32 Å². The van der Waals surface area contributed by atoms with Gasteiger partial charge in [0.05, 0.1) is 10.2 Å². The van der Waals surface area contributed by atoms with Crippen molar-refractivity contribution in [2.24, 2.45) is 0 Å². The van der Waals surface area contributed by atoms with E-state index in [2.05, 4.69) is 15.3 Å². The predicted molar refractivity (Wildman–Crippen MR) is 84.1 cm³/mol. The summed E-state index contributed by atoms with van der Waals surface area (Å²) in [7, 11) is 0. The topological polar surface area (TPSA) is 98.0 Å². The molecule has 1 amide bonds. The molecule has 0 saturated heterocycles. The summed E-state index contributed by atoms with van der Waals surface area (Å²) in [4.78, 5) is 29.3. The van der Waals surface area contributed by atoms with Crippen LogP contribution in [0.25, 0.3) is 0 Å². The Hall–Kier alpha value is -2.69. The fourth-order valence-corrected chi connectivity index (χ4v) is 2.46. The molecule has 0 aliphatic rings. The highest BCUT2D eigenvalue weighted by Crippen LogP contribution is 2.29. The zero-order valence-electron chi connectivity index (χ0n) is 12.6. The van der Waals surface area contributed by atoms with Gasteiger partial charge in [-0.25, -0.2) is 9.97 Å². The van der Waals surface area contributed by atoms with E-state index in [0.717, 1.165) is 24.0 Å². The molecule has 2 rings (SSSR count). The number of thioether (sulfide) groups is 1. The number of alkyl halides is 3. The lowest BCUT2D eigenvalue weighted by molar-refractivity contribution is -0.384. The highest BCUT2D eigenvalue weighted by atomic mass is 32.2. The number of nitrogens with zero attached hydrogens (tertiary/aromatic N) is 3. The van der Waals surface area contributed by atoms with E-state index in [1.54, 1.807) is 0 Å². The van der Waals surface area contributed by atoms with Gasteiger partial charge in [-0.05, 0) is 19.1 Å². The summed E-state index contributed by atoms with van der Waals surface area (Å²) in [6, 6.07) is 6.04. The van der Waals surface area contributed by atoms with E-state index in [1.165, 1.54) is 31.2 Å². The minimum absolute atomic E-state index is 0.195. The molecule has 1 aromatic heterocycles. The number of hydrogen-bond acceptors (Lipinski definition) is 6. The number of nitrogens with one attached hydrogen (secondary N) is 1. The molecule has 1 heterocycles. The van der Waals surface area contributed by atoms with Gasteiger partial charge in [-0.15, -0.1) is 0 Å². The molecule has 7 nitrogen and oxygen atoms in total. The summed E-state index contributed by atoms with van der Waals surface area (Å²) in [6.07, 6.45) is -3.64. The van der Waals surface area contributed by atoms with Gasteiger partial charge in [-0.1, -0.05) is 17.8 Å². The summed E-state index contributed by atoms with van der Waals surface area (Å²) in [5.74, 6) is -0.550. The number of halogens is 3. The third-order valence-electron chi connectivity index (χ3n) is 2.90. The molecule has 0 bridgehead atoms. The van der Waals surface area contributed by atoms with Crippen molar-refractivity contribution in [2.45, 2.75) is 23.5 Å². The van der Waals surface area contributed by atoms with E-state index >= 15 is 0 Å². The molecule has 0 aliphatic heterocycles. The van der Waals surface area contributed by atoms with Gasteiger partial charge in [-0.3, -0.25) is 14.9 Å². The first-order chi connectivity index (χ1) is 11.7. The lowest BCUT2D eigenvalue weighted by Crippen LogP contribution is -2.23. The van der Waals surface area contributed by atoms with Crippen LogP contribution in [0, 0.1) is 10.1 Å². The molecular formula is C14H11F3N4O3S. The smallest absolute Gasteiger partial charge is 0.325 e. The van der Waals surface area contributed by atoms with Crippen LogP contribution >= 0.6 is 11.8 Å². The second-order valence-corrected chi connectivity index (χ2v) is 6.09. The number of rotatable bonds is 5. The van der Waals surface area contributed by atoms with Crippen molar-refractivity contribution in [1.82, 2.24) is 9.97 Å². The largest absolute Gasteiger partial charge is 0.433 e. The maximum absolute atomic E-state index is 12.6. The Bertz CT molecular complexity index is 801. The number of aromatic nitrogens is 2. The molecule has 0 fully saturated rings. The van der Waals surface area contributed by atoms with Gasteiger partial charge in [0.2, 0.25) is 5.91 Å². The minimum atomic E-state index is -4.60. The Morgan fingerprint density at radius 1 is 1.36 bits per heavy atom. The van der Waals surface area contributed by atoms with Gasteiger partial charge in [0, 0.05) is 24.0 Å². The molecule has 25 heavy (non-hydrogen) atoms. The third kappa shape index (κ3) is 5.14. The van der Waals surface area contributed by atoms with Crippen molar-refractivity contribution in [3.8, 4) is 0 Å². The van der Waals surface area contributed by atoms with Crippen LogP contribution in [0.5, 0.6) is 0 Å². The van der Waals surface area contributed by atoms with Crippen molar-refractivity contribution in [2.75, 3.05) is 5.32 Å². The Balaban J connectivity index is 2.06. The lowest BCUT2D eigenvalue weighted by Gasteiger charge is -2.12. The van der Waals surface area contributed by atoms with Gasteiger partial charge >= 0.3 is 6.18 Å². The molecule has 1 N–H and O–H groups in total. The zero-order chi connectivity index (χ0) is 18.6. The summed E-state index contributed by atoms with van der Waals surface area (Å²) in [5.41, 5.74) is -1.09. The molecule has 2 aromatic rings. The number of carbonyl (C=O) groups excluding carboxylic acids is 1. The van der Waals surface area contributed by atoms with Crippen LogP contribution in [0.4, 0.5) is 24.5 Å². The molecule has 0 saturated carbocycles. The second-order valence-electron chi connectivity index (χ2n) is 4.78. The van der Waals surface area contributed by atoms with Crippen LogP contribution in [0.2, 0.25) is 0 Å². The van der Waals surface area contributed by atoms with Crippen molar-refractivity contribution in [3.63, 3.8) is 0 Å². The first-order valence-electron chi connectivity index (χ1n) is 6.79. The maximum atomic E-state index is 12.6. The maximum Gasteiger partial charge on any atom is 0.433 e. The average Bonchev–Trinajstić information content (AvgIpc) is 2.54. The minimum Gasteiger partial charge on any atom is -0.325 e. The van der Waals surface area contributed by atoms with E-state index in [4.69, 9.17) is 0 Å². The monoisotopic (exact) mass is 372 g/mol. The fourth-order valence-electron chi connectivity index (χ4n) is 1.71. The average molecular weight is 372 g/mol. The fraction of sp³-hybridized carbons (Fsp3) is 0.214. The molecule has 1 unspecified atom stereocenters. The molecule has 11 heteroatoms. The van der Waals surface area contributed by atoms with Crippen molar-refractivity contribution >= 4 is 29.0 Å². The Labute approximate surface area is 143 Å². The van der Waals surface area contributed by atoms with Crippen molar-refractivity contribution < 1.29 is 22.9 Å². The number of non-ortho nitro benzene ring substituents is 1. The highest BCUT2D eigenvalue weighted by Gasteiger charge is 2.33. The van der Waals surface area contributed by atoms with Crippen LogP contribution in [0.3, 0.4) is 0 Å². The molecule has 1 atom stereocenters. The highest BCUT2D eigenvalue weighted by molar-refractivity contribution is 8.00. The number of nitro benzene ring substituents is 1. The molecule has 0 radical (unpaired) electrons. The third-order valence-corrected chi connectivity index (χ3v) is 3.87. The van der Waals surface area contributed by atoms with Gasteiger partial charge in [-0.2, -0.15) is 13.2 Å². The molecular weight excluding hydrogens is 361 g/mol. The van der Waals surface area contributed by atoms with Gasteiger partial charge < -0.3 is 5.32 Å². The number of benzene rings is 1. The van der Waals surface area contributed by atoms with E-state index < -0.39 is 28.0 Å². The van der Waals surface area contributed by atoms with E-state index in [9.17, 15) is 28.1 Å². The zero-order valence-corrected chi connectivity index (χ0v) is 13.5. The molecule has 0 spiro atoms. The van der Waals surface area contributed by atoms with E-state index in [1.807, 2.05) is 0 Å². The van der Waals surface area contributed by atoms with Crippen molar-refractivity contribution in [1.29, 1.82) is 0 Å². The first-order valence-corrected chi connectivity index (χ1v) is 7.67. The number of carbonyl (C=O) groups is 1. The van der Waals surface area contributed by atoms with Crippen LogP contribution in [0.1, 0.15) is 12.6 Å². The van der Waals surface area contributed by atoms with Crippen LogP contribution in [-0.2, 0) is 11.0 Å². The van der Waals surface area contributed by atoms with Gasteiger partial charge in [0.1, 0.15) is 5.69 Å². The normalized spacial score (nSPS) is 12.5. The summed E-state index contributed by atoms with van der Waals surface area (Å²) < 4.78 is 37.9. The number of hydrogen-bond donors (Lipinski definition) is 1. The summed E-state index contributed by atoms with van der Waals surface area (Å²) in [5, 5.41) is 12.2. The van der Waals surface area contributed by atoms with Crippen LogP contribution in [0.15, 0.2) is 41.7 Å². The van der Waals surface area contributed by atoms with Gasteiger partial charge in [0.15, 0.2) is 5.16 Å². The number of amides is 1. The van der Waals surface area contributed by atoms with Crippen molar-refractivity contribution in [3.05, 3.63) is 52.3 Å². The molecule has 0 aliphatic carbocycles. The number of nitro groups is 1. The molecule has 132 valence electrons. The Morgan fingerprint density at radius 2 is 2.08 bits per heavy atom. The molecule has 1 aromatic carbocycles. The predicted octanol–water partition coefficient (Wildman–Crippen LogP) is 3.52. The SMILES string of the molecule is CC(Sc1nccc(C(F)(F)F)n1)C(=O)Nc1cccc([N+](=O)[O-])c1. The van der Waals surface area contributed by atoms with Gasteiger partial charge in [0.25, 0.3) is 5.69 Å². The Kier molecular flexibility index (Phi) is 5.57. The summed E-state index contributed by atoms with van der Waals surface area (Å²) >= 11 is 0.744. The standard InChI is InChI=1S/C14H11F3N4O3S/c1-8(25-13-18-6-5-11(20-13)14(15,16)17)12(22)19-9-3-2-4-10(7-9)21(23)24/h2-8H,1H3,(H,19,22).